The van der Waals surface area contributed by atoms with Crippen LogP contribution in [0.3, 0.4) is 0 Å². The number of carbonyl (C=O) groups is 1. The fraction of sp³-hybridized carbons (Fsp3) is 0.917. The molecule has 0 radical (unpaired) electrons. The topological polar surface area (TPSA) is 105 Å². The minimum atomic E-state index is -4.24. The Morgan fingerprint density at radius 2 is 1.80 bits per heavy atom. The van der Waals surface area contributed by atoms with Crippen LogP contribution in [0.15, 0.2) is 0 Å². The van der Waals surface area contributed by atoms with Gasteiger partial charge in [-0.1, -0.05) is 13.8 Å². The molecule has 2 unspecified atom stereocenters. The van der Waals surface area contributed by atoms with Crippen molar-refractivity contribution in [2.45, 2.75) is 53.2 Å². The summed E-state index contributed by atoms with van der Waals surface area (Å²) in [5.41, 5.74) is -1.87. The largest absolute Gasteiger partial charge is 0.472 e. The van der Waals surface area contributed by atoms with E-state index < -0.39 is 30.8 Å². The van der Waals surface area contributed by atoms with E-state index >= 15 is 0 Å². The molecule has 1 amide bonds. The van der Waals surface area contributed by atoms with Crippen LogP contribution in [0.4, 0.5) is 0 Å². The smallest absolute Gasteiger partial charge is 0.383 e. The highest BCUT2D eigenvalue weighted by atomic mass is 31.2. The zero-order chi connectivity index (χ0) is 16.2. The summed E-state index contributed by atoms with van der Waals surface area (Å²) in [6.07, 6.45) is -1.35. The van der Waals surface area contributed by atoms with Crippen LogP contribution in [0.25, 0.3) is 0 Å². The summed E-state index contributed by atoms with van der Waals surface area (Å²) in [5, 5.41) is 12.4. The van der Waals surface area contributed by atoms with Gasteiger partial charge in [0.2, 0.25) is 5.91 Å². The van der Waals surface area contributed by atoms with E-state index in [4.69, 9.17) is 9.05 Å². The van der Waals surface area contributed by atoms with E-state index in [9.17, 15) is 19.4 Å². The van der Waals surface area contributed by atoms with Crippen molar-refractivity contribution < 1.29 is 28.4 Å². The van der Waals surface area contributed by atoms with E-state index in [1.807, 2.05) is 0 Å². The molecule has 7 nitrogen and oxygen atoms in total. The number of phosphoric acid groups is 1. The third-order valence-corrected chi connectivity index (χ3v) is 3.56. The molecule has 0 aromatic heterocycles. The number of amides is 1. The van der Waals surface area contributed by atoms with E-state index in [1.54, 1.807) is 41.5 Å². The van der Waals surface area contributed by atoms with Crippen molar-refractivity contribution in [2.24, 2.45) is 5.41 Å². The van der Waals surface area contributed by atoms with Gasteiger partial charge in [-0.2, -0.15) is 0 Å². The Bertz CT molecular complexity index is 377. The van der Waals surface area contributed by atoms with Gasteiger partial charge in [-0.05, 0) is 27.7 Å². The van der Waals surface area contributed by atoms with Crippen LogP contribution in [0.1, 0.15) is 41.5 Å². The molecule has 0 heterocycles. The van der Waals surface area contributed by atoms with E-state index in [0.717, 1.165) is 0 Å². The second kappa shape index (κ2) is 7.00. The Balaban J connectivity index is 4.62. The monoisotopic (exact) mass is 311 g/mol. The molecule has 0 spiro atoms. The Hall–Kier alpha value is -0.460. The summed E-state index contributed by atoms with van der Waals surface area (Å²) in [6, 6.07) is 0. The first-order valence-electron chi connectivity index (χ1n) is 6.44. The number of carbonyl (C=O) groups excluding carboxylic acids is 1. The number of hydrogen-bond acceptors (Lipinski definition) is 5. The van der Waals surface area contributed by atoms with Gasteiger partial charge in [-0.15, -0.1) is 0 Å². The van der Waals surface area contributed by atoms with Crippen molar-refractivity contribution in [3.63, 3.8) is 0 Å². The standard InChI is InChI=1S/C12H26NO6P/c1-7-13-10(15)9(14)12(5,6)8-18-20(16,17)19-11(2,3)4/h9,14H,7-8H2,1-6H3,(H,13,15)(H,16,17). The van der Waals surface area contributed by atoms with Gasteiger partial charge in [0.1, 0.15) is 6.10 Å². The Morgan fingerprint density at radius 3 is 2.20 bits per heavy atom. The van der Waals surface area contributed by atoms with E-state index in [1.165, 1.54) is 0 Å². The summed E-state index contributed by atoms with van der Waals surface area (Å²) in [5.74, 6) is -0.550. The molecule has 0 aromatic carbocycles. The molecular weight excluding hydrogens is 285 g/mol. The predicted octanol–water partition coefficient (Wildman–Crippen LogP) is 1.44. The molecule has 0 aromatic rings. The van der Waals surface area contributed by atoms with Gasteiger partial charge >= 0.3 is 7.82 Å². The summed E-state index contributed by atoms with van der Waals surface area (Å²) in [4.78, 5) is 21.1. The first kappa shape index (κ1) is 19.5. The van der Waals surface area contributed by atoms with Crippen molar-refractivity contribution in [1.82, 2.24) is 5.32 Å². The summed E-state index contributed by atoms with van der Waals surface area (Å²) < 4.78 is 21.5. The van der Waals surface area contributed by atoms with Crippen LogP contribution >= 0.6 is 7.82 Å². The highest BCUT2D eigenvalue weighted by molar-refractivity contribution is 7.47. The second-order valence-electron chi connectivity index (χ2n) is 6.23. The number of aliphatic hydroxyl groups is 1. The maximum Gasteiger partial charge on any atom is 0.472 e. The number of rotatable bonds is 7. The number of phosphoric ester groups is 1. The molecule has 0 bridgehead atoms. The molecule has 2 atom stereocenters. The number of aliphatic hydroxyl groups excluding tert-OH is 1. The van der Waals surface area contributed by atoms with Crippen LogP contribution in [-0.4, -0.2) is 40.8 Å². The Morgan fingerprint density at radius 1 is 1.30 bits per heavy atom. The minimum absolute atomic E-state index is 0.296. The Labute approximate surface area is 120 Å². The molecule has 0 fully saturated rings. The third-order valence-electron chi connectivity index (χ3n) is 2.33. The van der Waals surface area contributed by atoms with Gasteiger partial charge in [0.15, 0.2) is 0 Å². The Kier molecular flexibility index (Phi) is 6.84. The van der Waals surface area contributed by atoms with Crippen molar-refractivity contribution in [2.75, 3.05) is 13.2 Å². The predicted molar refractivity (Wildman–Crippen MR) is 75.1 cm³/mol. The SMILES string of the molecule is CCNC(=O)C(O)C(C)(C)COP(=O)(O)OC(C)(C)C. The average molecular weight is 311 g/mol. The van der Waals surface area contributed by atoms with Gasteiger partial charge in [0, 0.05) is 12.0 Å². The van der Waals surface area contributed by atoms with Crippen molar-refractivity contribution in [1.29, 1.82) is 0 Å². The number of hydrogen-bond donors (Lipinski definition) is 3. The number of nitrogens with one attached hydrogen (secondary N) is 1. The lowest BCUT2D eigenvalue weighted by molar-refractivity contribution is -0.137. The van der Waals surface area contributed by atoms with Crippen LogP contribution in [-0.2, 0) is 18.4 Å². The first-order chi connectivity index (χ1) is 8.81. The molecule has 8 heteroatoms. The van der Waals surface area contributed by atoms with Crippen LogP contribution in [0, 0.1) is 5.41 Å². The van der Waals surface area contributed by atoms with E-state index in [0.29, 0.717) is 6.54 Å². The molecule has 0 aliphatic heterocycles. The minimum Gasteiger partial charge on any atom is -0.383 e. The molecule has 0 saturated carbocycles. The van der Waals surface area contributed by atoms with Crippen molar-refractivity contribution in [3.05, 3.63) is 0 Å². The summed E-state index contributed by atoms with van der Waals surface area (Å²) in [7, 11) is -4.24. The van der Waals surface area contributed by atoms with Gasteiger partial charge in [0.25, 0.3) is 0 Å². The zero-order valence-electron chi connectivity index (χ0n) is 13.0. The number of likely N-dealkylation sites (N-methyl/N-ethyl adjacent to an activating group) is 1. The van der Waals surface area contributed by atoms with E-state index in [2.05, 4.69) is 5.32 Å². The quantitative estimate of drug-likeness (QED) is 0.614. The fourth-order valence-corrected chi connectivity index (χ4v) is 2.57. The maximum atomic E-state index is 11.7. The maximum absolute atomic E-state index is 11.7. The molecule has 120 valence electrons. The van der Waals surface area contributed by atoms with Gasteiger partial charge in [-0.25, -0.2) is 4.57 Å². The lowest BCUT2D eigenvalue weighted by Crippen LogP contribution is -2.45. The molecule has 20 heavy (non-hydrogen) atoms. The molecular formula is C12H26NO6P. The molecule has 0 aliphatic carbocycles. The zero-order valence-corrected chi connectivity index (χ0v) is 13.9. The highest BCUT2D eigenvalue weighted by Gasteiger charge is 2.37. The highest BCUT2D eigenvalue weighted by Crippen LogP contribution is 2.48. The normalized spacial score (nSPS) is 17.4. The lowest BCUT2D eigenvalue weighted by atomic mass is 9.87. The van der Waals surface area contributed by atoms with Crippen molar-refractivity contribution in [3.8, 4) is 0 Å². The van der Waals surface area contributed by atoms with Crippen molar-refractivity contribution >= 4 is 13.7 Å². The average Bonchev–Trinajstić information content (AvgIpc) is 2.23. The fourth-order valence-electron chi connectivity index (χ4n) is 1.33. The van der Waals surface area contributed by atoms with Crippen LogP contribution in [0.5, 0.6) is 0 Å². The van der Waals surface area contributed by atoms with Gasteiger partial charge < -0.3 is 15.3 Å². The molecule has 0 aliphatic rings. The molecule has 3 N–H and O–H groups in total. The van der Waals surface area contributed by atoms with Gasteiger partial charge in [0.05, 0.1) is 12.2 Å². The third kappa shape index (κ3) is 7.36. The summed E-state index contributed by atoms with van der Waals surface area (Å²) in [6.45, 7) is 9.80. The van der Waals surface area contributed by atoms with Crippen LogP contribution < -0.4 is 5.32 Å². The van der Waals surface area contributed by atoms with E-state index in [-0.39, 0.29) is 6.61 Å². The first-order valence-corrected chi connectivity index (χ1v) is 7.94. The molecule has 0 rings (SSSR count). The lowest BCUT2D eigenvalue weighted by Gasteiger charge is -2.31. The second-order valence-corrected chi connectivity index (χ2v) is 7.61. The summed E-state index contributed by atoms with van der Waals surface area (Å²) >= 11 is 0. The molecule has 0 saturated heterocycles. The van der Waals surface area contributed by atoms with Gasteiger partial charge in [-0.3, -0.25) is 13.8 Å². The van der Waals surface area contributed by atoms with Crippen LogP contribution in [0.2, 0.25) is 0 Å².